The summed E-state index contributed by atoms with van der Waals surface area (Å²) in [4.78, 5) is 13.6. The summed E-state index contributed by atoms with van der Waals surface area (Å²) in [5.41, 5.74) is 0. The summed E-state index contributed by atoms with van der Waals surface area (Å²) < 4.78 is 40.3. The van der Waals surface area contributed by atoms with Crippen LogP contribution in [0.3, 0.4) is 0 Å². The van der Waals surface area contributed by atoms with Gasteiger partial charge in [0.2, 0.25) is 0 Å². The lowest BCUT2D eigenvalue weighted by molar-refractivity contribution is -0.173. The van der Waals surface area contributed by atoms with Gasteiger partial charge in [-0.15, -0.1) is 11.3 Å². The molecule has 2 N–H and O–H groups in total. The number of carbonyl (C=O) groups is 1. The molecule has 0 saturated carbocycles. The number of benzene rings is 1. The number of thiophene rings is 1. The fourth-order valence-electron chi connectivity index (χ4n) is 1.61. The standard InChI is InChI=1S/C14H13F3N2OS3/c1-18-23-10-4-2-3-9(7-10)21-12-6-5-11(22-12)8-19-13(20)14(15,16)17/h2-7,18H,8H2,1H3,(H,19,20). The van der Waals surface area contributed by atoms with Gasteiger partial charge >= 0.3 is 12.1 Å². The third-order valence-electron chi connectivity index (χ3n) is 2.56. The number of carbonyl (C=O) groups excluding carboxylic acids is 1. The van der Waals surface area contributed by atoms with E-state index in [1.54, 1.807) is 6.07 Å². The van der Waals surface area contributed by atoms with E-state index < -0.39 is 12.1 Å². The molecule has 1 aromatic heterocycles. The SMILES string of the molecule is CNSc1cccc(Sc2ccc(CNC(=O)C(F)(F)F)s2)c1. The molecule has 0 unspecified atom stereocenters. The minimum atomic E-state index is -4.85. The second kappa shape index (κ2) is 8.09. The third kappa shape index (κ3) is 5.76. The van der Waals surface area contributed by atoms with Crippen molar-refractivity contribution in [2.24, 2.45) is 0 Å². The smallest absolute Gasteiger partial charge is 0.343 e. The predicted octanol–water partition coefficient (Wildman–Crippen LogP) is 4.30. The molecule has 1 amide bonds. The summed E-state index contributed by atoms with van der Waals surface area (Å²) >= 11 is 4.39. The van der Waals surface area contributed by atoms with Crippen molar-refractivity contribution in [3.63, 3.8) is 0 Å². The van der Waals surface area contributed by atoms with Crippen molar-refractivity contribution in [3.8, 4) is 0 Å². The van der Waals surface area contributed by atoms with Gasteiger partial charge in [-0.3, -0.25) is 9.52 Å². The molecule has 1 aromatic carbocycles. The van der Waals surface area contributed by atoms with Gasteiger partial charge < -0.3 is 5.32 Å². The summed E-state index contributed by atoms with van der Waals surface area (Å²) in [7, 11) is 1.84. The molecule has 0 fully saturated rings. The van der Waals surface area contributed by atoms with Crippen molar-refractivity contribution in [1.29, 1.82) is 0 Å². The van der Waals surface area contributed by atoms with Crippen LogP contribution in [0.4, 0.5) is 13.2 Å². The fourth-order valence-corrected chi connectivity index (χ4v) is 4.41. The normalized spacial score (nSPS) is 11.5. The van der Waals surface area contributed by atoms with Crippen molar-refractivity contribution >= 4 is 41.0 Å². The summed E-state index contributed by atoms with van der Waals surface area (Å²) in [6, 6.07) is 11.5. The Morgan fingerprint density at radius 3 is 2.65 bits per heavy atom. The molecule has 1 heterocycles. The van der Waals surface area contributed by atoms with Gasteiger partial charge in [-0.2, -0.15) is 13.2 Å². The first-order valence-corrected chi connectivity index (χ1v) is 8.88. The highest BCUT2D eigenvalue weighted by atomic mass is 32.2. The van der Waals surface area contributed by atoms with Gasteiger partial charge in [0, 0.05) is 14.7 Å². The van der Waals surface area contributed by atoms with E-state index in [9.17, 15) is 18.0 Å². The molecular weight excluding hydrogens is 365 g/mol. The maximum Gasteiger partial charge on any atom is 0.471 e. The Kier molecular flexibility index (Phi) is 6.40. The van der Waals surface area contributed by atoms with Crippen molar-refractivity contribution in [1.82, 2.24) is 10.0 Å². The molecule has 0 bridgehead atoms. The van der Waals surface area contributed by atoms with Gasteiger partial charge in [-0.05, 0) is 49.3 Å². The largest absolute Gasteiger partial charge is 0.471 e. The van der Waals surface area contributed by atoms with E-state index in [1.807, 2.05) is 42.7 Å². The first kappa shape index (κ1) is 18.2. The van der Waals surface area contributed by atoms with Crippen LogP contribution in [-0.2, 0) is 11.3 Å². The zero-order chi connectivity index (χ0) is 16.9. The van der Waals surface area contributed by atoms with Gasteiger partial charge in [-0.1, -0.05) is 17.8 Å². The molecule has 0 spiro atoms. The van der Waals surface area contributed by atoms with Crippen molar-refractivity contribution in [3.05, 3.63) is 41.3 Å². The Bertz CT molecular complexity index is 673. The van der Waals surface area contributed by atoms with Crippen LogP contribution in [0, 0.1) is 0 Å². The second-order valence-corrected chi connectivity index (χ2v) is 7.91. The van der Waals surface area contributed by atoms with Crippen LogP contribution in [0.2, 0.25) is 0 Å². The molecule has 0 saturated heterocycles. The van der Waals surface area contributed by atoms with Gasteiger partial charge in [0.05, 0.1) is 10.8 Å². The number of halogens is 3. The van der Waals surface area contributed by atoms with E-state index in [0.29, 0.717) is 4.88 Å². The number of rotatable bonds is 6. The minimum absolute atomic E-state index is 0.126. The zero-order valence-electron chi connectivity index (χ0n) is 11.9. The average Bonchev–Trinajstić information content (AvgIpc) is 2.92. The van der Waals surface area contributed by atoms with Gasteiger partial charge in [0.25, 0.3) is 0 Å². The van der Waals surface area contributed by atoms with E-state index in [0.717, 1.165) is 14.0 Å². The van der Waals surface area contributed by atoms with Crippen LogP contribution < -0.4 is 10.0 Å². The summed E-state index contributed by atoms with van der Waals surface area (Å²) in [5, 5.41) is 1.87. The molecule has 23 heavy (non-hydrogen) atoms. The van der Waals surface area contributed by atoms with E-state index in [2.05, 4.69) is 4.72 Å². The highest BCUT2D eigenvalue weighted by Crippen LogP contribution is 2.34. The van der Waals surface area contributed by atoms with Crippen molar-refractivity contribution in [2.45, 2.75) is 26.7 Å². The lowest BCUT2D eigenvalue weighted by Gasteiger charge is -2.06. The number of hydrogen-bond acceptors (Lipinski definition) is 5. The Morgan fingerprint density at radius 1 is 1.22 bits per heavy atom. The molecule has 3 nitrogen and oxygen atoms in total. The fraction of sp³-hybridized carbons (Fsp3) is 0.214. The molecule has 0 aliphatic carbocycles. The molecular formula is C14H13F3N2OS3. The lowest BCUT2D eigenvalue weighted by Crippen LogP contribution is -2.36. The number of hydrogen-bond donors (Lipinski definition) is 2. The van der Waals surface area contributed by atoms with Crippen molar-refractivity contribution in [2.75, 3.05) is 7.05 Å². The number of alkyl halides is 3. The predicted molar refractivity (Wildman–Crippen MR) is 87.7 cm³/mol. The Balaban J connectivity index is 1.94. The average molecular weight is 378 g/mol. The lowest BCUT2D eigenvalue weighted by atomic mass is 10.4. The van der Waals surface area contributed by atoms with Crippen molar-refractivity contribution < 1.29 is 18.0 Å². The molecule has 2 aromatic rings. The quantitative estimate of drug-likeness (QED) is 0.735. The van der Waals surface area contributed by atoms with Crippen LogP contribution in [-0.4, -0.2) is 19.1 Å². The van der Waals surface area contributed by atoms with Gasteiger partial charge in [0.15, 0.2) is 0 Å². The Hall–Kier alpha value is -1.16. The maximum absolute atomic E-state index is 12.1. The Labute approximate surface area is 144 Å². The third-order valence-corrected chi connectivity index (χ3v) is 5.46. The first-order chi connectivity index (χ1) is 10.9. The van der Waals surface area contributed by atoms with E-state index in [-0.39, 0.29) is 6.54 Å². The highest BCUT2D eigenvalue weighted by molar-refractivity contribution is 8.01. The summed E-state index contributed by atoms with van der Waals surface area (Å²) in [5.74, 6) is -1.92. The molecule has 0 aliphatic rings. The number of amides is 1. The molecule has 2 rings (SSSR count). The monoisotopic (exact) mass is 378 g/mol. The molecule has 9 heteroatoms. The van der Waals surface area contributed by atoms with Crippen LogP contribution >= 0.6 is 35.0 Å². The number of nitrogens with one attached hydrogen (secondary N) is 2. The maximum atomic E-state index is 12.1. The minimum Gasteiger partial charge on any atom is -0.343 e. The first-order valence-electron chi connectivity index (χ1n) is 6.43. The van der Waals surface area contributed by atoms with Gasteiger partial charge in [-0.25, -0.2) is 0 Å². The zero-order valence-corrected chi connectivity index (χ0v) is 14.4. The topological polar surface area (TPSA) is 41.1 Å². The summed E-state index contributed by atoms with van der Waals surface area (Å²) in [6.07, 6.45) is -4.85. The van der Waals surface area contributed by atoms with E-state index in [1.165, 1.54) is 35.0 Å². The molecule has 124 valence electrons. The van der Waals surface area contributed by atoms with Crippen LogP contribution in [0.25, 0.3) is 0 Å². The molecule has 0 radical (unpaired) electrons. The molecule has 0 aliphatic heterocycles. The molecule has 0 atom stereocenters. The van der Waals surface area contributed by atoms with E-state index in [4.69, 9.17) is 0 Å². The van der Waals surface area contributed by atoms with Gasteiger partial charge in [0.1, 0.15) is 0 Å². The van der Waals surface area contributed by atoms with Crippen LogP contribution in [0.1, 0.15) is 4.88 Å². The highest BCUT2D eigenvalue weighted by Gasteiger charge is 2.38. The second-order valence-electron chi connectivity index (χ2n) is 4.28. The van der Waals surface area contributed by atoms with Crippen LogP contribution in [0.15, 0.2) is 50.4 Å². The van der Waals surface area contributed by atoms with Crippen LogP contribution in [0.5, 0.6) is 0 Å². The summed E-state index contributed by atoms with van der Waals surface area (Å²) in [6.45, 7) is -0.126. The Morgan fingerprint density at radius 2 is 1.96 bits per heavy atom. The van der Waals surface area contributed by atoms with E-state index >= 15 is 0 Å².